The fraction of sp³-hybridized carbons (Fsp3) is 0.182. The van der Waals surface area contributed by atoms with Gasteiger partial charge in [0.2, 0.25) is 0 Å². The van der Waals surface area contributed by atoms with E-state index in [0.717, 1.165) is 12.8 Å². The predicted molar refractivity (Wildman–Crippen MR) is 96.9 cm³/mol. The lowest BCUT2D eigenvalue weighted by molar-refractivity contribution is 0.610. The SMILES string of the molecule is Cc1ccc2c(c1)Cc1c-2c2ccccc2n1C1C=CC=CC1. The number of benzene rings is 2. The largest absolute Gasteiger partial charge is 0.336 e. The van der Waals surface area contributed by atoms with Crippen molar-refractivity contribution in [2.45, 2.75) is 25.8 Å². The standard InChI is InChI=1S/C22H19N/c1-15-11-12-18-16(13-15)14-21-22(18)19-9-5-6-10-20(19)23(21)17-7-3-2-4-8-17/h2-7,9-13,17H,8,14H2,1H3. The molecule has 0 spiro atoms. The maximum Gasteiger partial charge on any atom is 0.0557 e. The molecule has 0 amide bonds. The second kappa shape index (κ2) is 4.73. The molecule has 112 valence electrons. The molecule has 0 radical (unpaired) electrons. The summed E-state index contributed by atoms with van der Waals surface area (Å²) < 4.78 is 2.57. The molecular weight excluding hydrogens is 278 g/mol. The molecule has 2 aromatic carbocycles. The molecule has 2 aliphatic carbocycles. The molecule has 0 N–H and O–H groups in total. The van der Waals surface area contributed by atoms with Crippen LogP contribution in [0.2, 0.25) is 0 Å². The number of rotatable bonds is 1. The Kier molecular flexibility index (Phi) is 2.66. The van der Waals surface area contributed by atoms with Crippen LogP contribution in [0.15, 0.2) is 66.8 Å². The monoisotopic (exact) mass is 297 g/mol. The molecule has 0 saturated carbocycles. The van der Waals surface area contributed by atoms with Gasteiger partial charge < -0.3 is 4.57 Å². The van der Waals surface area contributed by atoms with E-state index in [4.69, 9.17) is 0 Å². The molecule has 1 nitrogen and oxygen atoms in total. The Morgan fingerprint density at radius 3 is 2.83 bits per heavy atom. The van der Waals surface area contributed by atoms with E-state index in [9.17, 15) is 0 Å². The highest BCUT2D eigenvalue weighted by Crippen LogP contribution is 2.45. The molecule has 1 heterocycles. The van der Waals surface area contributed by atoms with Crippen LogP contribution in [0.25, 0.3) is 22.0 Å². The Morgan fingerprint density at radius 2 is 1.96 bits per heavy atom. The molecule has 0 fully saturated rings. The topological polar surface area (TPSA) is 4.93 Å². The zero-order valence-corrected chi connectivity index (χ0v) is 13.3. The van der Waals surface area contributed by atoms with E-state index in [0.29, 0.717) is 6.04 Å². The van der Waals surface area contributed by atoms with Gasteiger partial charge in [0.25, 0.3) is 0 Å². The smallest absolute Gasteiger partial charge is 0.0557 e. The van der Waals surface area contributed by atoms with Crippen LogP contribution in [-0.4, -0.2) is 4.57 Å². The van der Waals surface area contributed by atoms with Gasteiger partial charge in [-0.2, -0.15) is 0 Å². The first-order valence-electron chi connectivity index (χ1n) is 8.38. The summed E-state index contributed by atoms with van der Waals surface area (Å²) in [5.41, 5.74) is 8.56. The fourth-order valence-corrected chi connectivity index (χ4v) is 4.22. The predicted octanol–water partition coefficient (Wildman–Crippen LogP) is 5.58. The van der Waals surface area contributed by atoms with Crippen LogP contribution in [0.5, 0.6) is 0 Å². The highest BCUT2D eigenvalue weighted by Gasteiger charge is 2.28. The highest BCUT2D eigenvalue weighted by atomic mass is 15.0. The Balaban J connectivity index is 1.82. The van der Waals surface area contributed by atoms with Gasteiger partial charge >= 0.3 is 0 Å². The summed E-state index contributed by atoms with van der Waals surface area (Å²) >= 11 is 0. The number of hydrogen-bond donors (Lipinski definition) is 0. The van der Waals surface area contributed by atoms with Crippen LogP contribution in [-0.2, 0) is 6.42 Å². The Bertz CT molecular complexity index is 985. The minimum absolute atomic E-state index is 0.434. The molecule has 3 aromatic rings. The average molecular weight is 297 g/mol. The summed E-state index contributed by atoms with van der Waals surface area (Å²) in [6, 6.07) is 16.2. The molecule has 0 saturated heterocycles. The minimum Gasteiger partial charge on any atom is -0.336 e. The van der Waals surface area contributed by atoms with Crippen molar-refractivity contribution >= 4 is 10.9 Å². The lowest BCUT2D eigenvalue weighted by atomic mass is 10.0. The van der Waals surface area contributed by atoms with Crippen LogP contribution >= 0.6 is 0 Å². The van der Waals surface area contributed by atoms with Crippen LogP contribution < -0.4 is 0 Å². The third-order valence-corrected chi connectivity index (χ3v) is 5.19. The molecule has 0 aliphatic heterocycles. The first kappa shape index (κ1) is 13.0. The van der Waals surface area contributed by atoms with Gasteiger partial charge in [-0.25, -0.2) is 0 Å². The van der Waals surface area contributed by atoms with Crippen molar-refractivity contribution in [3.05, 3.63) is 83.6 Å². The van der Waals surface area contributed by atoms with Gasteiger partial charge in [-0.15, -0.1) is 0 Å². The molecular formula is C22H19N. The van der Waals surface area contributed by atoms with E-state index in [-0.39, 0.29) is 0 Å². The van der Waals surface area contributed by atoms with Crippen LogP contribution in [0.1, 0.15) is 29.3 Å². The van der Waals surface area contributed by atoms with Crippen molar-refractivity contribution in [2.24, 2.45) is 0 Å². The summed E-state index contributed by atoms with van der Waals surface area (Å²) in [7, 11) is 0. The Labute approximate surface area is 136 Å². The van der Waals surface area contributed by atoms with Gasteiger partial charge in [0.1, 0.15) is 0 Å². The molecule has 0 bridgehead atoms. The zero-order chi connectivity index (χ0) is 15.4. The maximum atomic E-state index is 2.57. The maximum absolute atomic E-state index is 2.57. The van der Waals surface area contributed by atoms with Crippen LogP contribution in [0.4, 0.5) is 0 Å². The van der Waals surface area contributed by atoms with E-state index in [1.54, 1.807) is 0 Å². The Hall–Kier alpha value is -2.54. The second-order valence-corrected chi connectivity index (χ2v) is 6.66. The van der Waals surface area contributed by atoms with E-state index < -0.39 is 0 Å². The van der Waals surface area contributed by atoms with Crippen molar-refractivity contribution in [1.82, 2.24) is 4.57 Å². The second-order valence-electron chi connectivity index (χ2n) is 6.66. The van der Waals surface area contributed by atoms with Gasteiger partial charge in [0.15, 0.2) is 0 Å². The number of nitrogens with zero attached hydrogens (tertiary/aromatic N) is 1. The molecule has 1 atom stereocenters. The summed E-state index contributed by atoms with van der Waals surface area (Å²) in [5, 5.41) is 1.40. The highest BCUT2D eigenvalue weighted by molar-refractivity contribution is 6.01. The average Bonchev–Trinajstić information content (AvgIpc) is 3.09. The Morgan fingerprint density at radius 1 is 1.04 bits per heavy atom. The molecule has 2 aliphatic rings. The lowest BCUT2D eigenvalue weighted by Crippen LogP contribution is -2.10. The van der Waals surface area contributed by atoms with Crippen molar-refractivity contribution in [3.8, 4) is 11.1 Å². The summed E-state index contributed by atoms with van der Waals surface area (Å²) in [6.45, 7) is 2.18. The van der Waals surface area contributed by atoms with Crippen molar-refractivity contribution < 1.29 is 0 Å². The van der Waals surface area contributed by atoms with Gasteiger partial charge in [-0.05, 0) is 30.5 Å². The third-order valence-electron chi connectivity index (χ3n) is 5.19. The van der Waals surface area contributed by atoms with E-state index in [2.05, 4.69) is 78.3 Å². The number of aromatic nitrogens is 1. The zero-order valence-electron chi connectivity index (χ0n) is 13.3. The quantitative estimate of drug-likeness (QED) is 0.432. The van der Waals surface area contributed by atoms with Crippen molar-refractivity contribution in [1.29, 1.82) is 0 Å². The first-order valence-corrected chi connectivity index (χ1v) is 8.38. The van der Waals surface area contributed by atoms with Gasteiger partial charge in [0.05, 0.1) is 6.04 Å². The number of fused-ring (bicyclic) bond motifs is 5. The van der Waals surface area contributed by atoms with Crippen molar-refractivity contribution in [3.63, 3.8) is 0 Å². The van der Waals surface area contributed by atoms with Crippen LogP contribution in [0, 0.1) is 6.92 Å². The van der Waals surface area contributed by atoms with Crippen LogP contribution in [0.3, 0.4) is 0 Å². The van der Waals surface area contributed by atoms with Gasteiger partial charge in [-0.3, -0.25) is 0 Å². The molecule has 1 heteroatoms. The molecule has 1 aromatic heterocycles. The van der Waals surface area contributed by atoms with E-state index in [1.165, 1.54) is 38.9 Å². The molecule has 5 rings (SSSR count). The molecule has 23 heavy (non-hydrogen) atoms. The summed E-state index contributed by atoms with van der Waals surface area (Å²) in [5.74, 6) is 0. The third kappa shape index (κ3) is 1.80. The lowest BCUT2D eigenvalue weighted by Gasteiger charge is -2.19. The normalized spacial score (nSPS) is 18.4. The van der Waals surface area contributed by atoms with E-state index >= 15 is 0 Å². The van der Waals surface area contributed by atoms with E-state index in [1.807, 2.05) is 0 Å². The van der Waals surface area contributed by atoms with Gasteiger partial charge in [-0.1, -0.05) is 66.3 Å². The first-order chi connectivity index (χ1) is 11.3. The number of para-hydroxylation sites is 1. The number of allylic oxidation sites excluding steroid dienone is 4. The summed E-state index contributed by atoms with van der Waals surface area (Å²) in [6.07, 6.45) is 11.1. The number of hydrogen-bond acceptors (Lipinski definition) is 0. The fourth-order valence-electron chi connectivity index (χ4n) is 4.22. The summed E-state index contributed by atoms with van der Waals surface area (Å²) in [4.78, 5) is 0. The molecule has 1 unspecified atom stereocenters. The number of aryl methyl sites for hydroxylation is 1. The van der Waals surface area contributed by atoms with Crippen molar-refractivity contribution in [2.75, 3.05) is 0 Å². The van der Waals surface area contributed by atoms with Gasteiger partial charge in [0, 0.05) is 28.6 Å². The minimum atomic E-state index is 0.434.